The zero-order valence-electron chi connectivity index (χ0n) is 14.6. The van der Waals surface area contributed by atoms with Crippen molar-refractivity contribution in [1.82, 2.24) is 14.9 Å². The molecule has 25 heavy (non-hydrogen) atoms. The number of methoxy groups -OCH3 is 2. The predicted octanol–water partition coefficient (Wildman–Crippen LogP) is 2.21. The van der Waals surface area contributed by atoms with Gasteiger partial charge < -0.3 is 14.4 Å². The van der Waals surface area contributed by atoms with E-state index in [1.807, 2.05) is 17.0 Å². The number of rotatable bonds is 5. The van der Waals surface area contributed by atoms with E-state index in [2.05, 4.69) is 22.1 Å². The first-order chi connectivity index (χ1) is 12.2. The Morgan fingerprint density at radius 1 is 1.24 bits per heavy atom. The third kappa shape index (κ3) is 4.14. The molecule has 1 aromatic carbocycles. The van der Waals surface area contributed by atoms with Crippen molar-refractivity contribution in [3.05, 3.63) is 54.1 Å². The first-order valence-electron chi connectivity index (χ1n) is 8.42. The first kappa shape index (κ1) is 17.4. The van der Waals surface area contributed by atoms with Crippen LogP contribution < -0.4 is 4.74 Å². The summed E-state index contributed by atoms with van der Waals surface area (Å²) < 4.78 is 10.9. The summed E-state index contributed by atoms with van der Waals surface area (Å²) in [5.41, 5.74) is 1.65. The molecular formula is C19H23N3O3. The van der Waals surface area contributed by atoms with Crippen LogP contribution >= 0.6 is 0 Å². The lowest BCUT2D eigenvalue weighted by molar-refractivity contribution is -0.00317. The topological polar surface area (TPSA) is 64.5 Å². The van der Waals surface area contributed by atoms with Gasteiger partial charge in [-0.25, -0.2) is 9.97 Å². The Morgan fingerprint density at radius 2 is 2.04 bits per heavy atom. The van der Waals surface area contributed by atoms with Crippen LogP contribution in [0.25, 0.3) is 0 Å². The van der Waals surface area contributed by atoms with Crippen LogP contribution in [0.5, 0.6) is 5.75 Å². The third-order valence-corrected chi connectivity index (χ3v) is 4.71. The molecule has 3 rings (SSSR count). The van der Waals surface area contributed by atoms with Crippen molar-refractivity contribution in [2.75, 3.05) is 27.3 Å². The lowest BCUT2D eigenvalue weighted by Gasteiger charge is -2.38. The van der Waals surface area contributed by atoms with Crippen molar-refractivity contribution in [1.29, 1.82) is 0 Å². The van der Waals surface area contributed by atoms with E-state index in [1.165, 1.54) is 11.9 Å². The van der Waals surface area contributed by atoms with Crippen LogP contribution in [0.2, 0.25) is 0 Å². The summed E-state index contributed by atoms with van der Waals surface area (Å²) in [6, 6.07) is 9.71. The number of amides is 1. The molecule has 6 heteroatoms. The van der Waals surface area contributed by atoms with E-state index in [4.69, 9.17) is 9.47 Å². The highest BCUT2D eigenvalue weighted by Gasteiger charge is 2.32. The monoisotopic (exact) mass is 341 g/mol. The number of benzene rings is 1. The van der Waals surface area contributed by atoms with Gasteiger partial charge in [-0.3, -0.25) is 4.79 Å². The molecule has 0 N–H and O–H groups in total. The Hall–Kier alpha value is -2.47. The molecule has 0 bridgehead atoms. The van der Waals surface area contributed by atoms with Crippen LogP contribution in [0.4, 0.5) is 0 Å². The summed E-state index contributed by atoms with van der Waals surface area (Å²) in [4.78, 5) is 22.5. The molecule has 1 fully saturated rings. The van der Waals surface area contributed by atoms with E-state index >= 15 is 0 Å². The zero-order chi connectivity index (χ0) is 17.6. The summed E-state index contributed by atoms with van der Waals surface area (Å²) in [5, 5.41) is 0. The van der Waals surface area contributed by atoms with Gasteiger partial charge in [-0.05, 0) is 36.6 Å². The molecule has 2 heterocycles. The first-order valence-corrected chi connectivity index (χ1v) is 8.42. The van der Waals surface area contributed by atoms with Gasteiger partial charge in [0, 0.05) is 32.3 Å². The molecule has 0 spiro atoms. The van der Waals surface area contributed by atoms with Gasteiger partial charge in [-0.1, -0.05) is 12.1 Å². The molecule has 0 aliphatic carbocycles. The largest absolute Gasteiger partial charge is 0.497 e. The van der Waals surface area contributed by atoms with Gasteiger partial charge in [0.05, 0.1) is 13.2 Å². The van der Waals surface area contributed by atoms with Crippen molar-refractivity contribution in [2.24, 2.45) is 5.92 Å². The van der Waals surface area contributed by atoms with Crippen LogP contribution in [-0.2, 0) is 11.2 Å². The maximum atomic E-state index is 12.7. The molecule has 1 aliphatic rings. The highest BCUT2D eigenvalue weighted by molar-refractivity contribution is 5.92. The van der Waals surface area contributed by atoms with E-state index < -0.39 is 0 Å². The number of aromatic nitrogens is 2. The standard InChI is InChI=1S/C19H23N3O3/c1-24-16-5-3-14(4-6-16)11-15-12-22(10-8-18(15)25-2)19(23)17-7-9-20-13-21-17/h3-7,9,13,15,18H,8,10-12H2,1-2H3/t15-,18+/m0/s1. The molecule has 1 aromatic heterocycles. The fraction of sp³-hybridized carbons (Fsp3) is 0.421. The molecule has 0 unspecified atom stereocenters. The van der Waals surface area contributed by atoms with Gasteiger partial charge in [0.1, 0.15) is 17.8 Å². The Bertz CT molecular complexity index is 691. The quantitative estimate of drug-likeness (QED) is 0.834. The summed E-state index contributed by atoms with van der Waals surface area (Å²) in [6.07, 6.45) is 4.84. The lowest BCUT2D eigenvalue weighted by Crippen LogP contribution is -2.47. The zero-order valence-corrected chi connectivity index (χ0v) is 14.6. The average molecular weight is 341 g/mol. The van der Waals surface area contributed by atoms with Crippen molar-refractivity contribution in [3.8, 4) is 5.75 Å². The van der Waals surface area contributed by atoms with Gasteiger partial charge >= 0.3 is 0 Å². The maximum Gasteiger partial charge on any atom is 0.272 e. The van der Waals surface area contributed by atoms with Gasteiger partial charge in [-0.2, -0.15) is 0 Å². The van der Waals surface area contributed by atoms with E-state index in [0.717, 1.165) is 18.6 Å². The summed E-state index contributed by atoms with van der Waals surface area (Å²) in [6.45, 7) is 1.34. The van der Waals surface area contributed by atoms with Crippen LogP contribution in [0, 0.1) is 5.92 Å². The third-order valence-electron chi connectivity index (χ3n) is 4.71. The molecular weight excluding hydrogens is 318 g/mol. The number of carbonyl (C=O) groups is 1. The Morgan fingerprint density at radius 3 is 2.68 bits per heavy atom. The number of hydrogen-bond donors (Lipinski definition) is 0. The van der Waals surface area contributed by atoms with E-state index in [0.29, 0.717) is 18.8 Å². The van der Waals surface area contributed by atoms with Crippen molar-refractivity contribution >= 4 is 5.91 Å². The Kier molecular flexibility index (Phi) is 5.60. The number of hydrogen-bond acceptors (Lipinski definition) is 5. The molecule has 0 saturated carbocycles. The number of carbonyl (C=O) groups excluding carboxylic acids is 1. The molecule has 1 saturated heterocycles. The second-order valence-electron chi connectivity index (χ2n) is 6.22. The van der Waals surface area contributed by atoms with E-state index in [-0.39, 0.29) is 17.9 Å². The molecule has 2 aromatic rings. The van der Waals surface area contributed by atoms with Gasteiger partial charge in [0.25, 0.3) is 5.91 Å². The van der Waals surface area contributed by atoms with Gasteiger partial charge in [-0.15, -0.1) is 0 Å². The summed E-state index contributed by atoms with van der Waals surface area (Å²) in [5.74, 6) is 1.05. The number of ether oxygens (including phenoxy) is 2. The lowest BCUT2D eigenvalue weighted by atomic mass is 9.88. The molecule has 132 valence electrons. The Labute approximate surface area is 147 Å². The minimum absolute atomic E-state index is 0.0447. The number of nitrogens with zero attached hydrogens (tertiary/aromatic N) is 3. The van der Waals surface area contributed by atoms with Crippen LogP contribution in [0.3, 0.4) is 0 Å². The molecule has 1 aliphatic heterocycles. The minimum atomic E-state index is -0.0447. The maximum absolute atomic E-state index is 12.7. The fourth-order valence-electron chi connectivity index (χ4n) is 3.35. The smallest absolute Gasteiger partial charge is 0.272 e. The highest BCUT2D eigenvalue weighted by atomic mass is 16.5. The average Bonchev–Trinajstić information content (AvgIpc) is 2.68. The van der Waals surface area contributed by atoms with Crippen LogP contribution in [0.15, 0.2) is 42.9 Å². The SMILES string of the molecule is COc1ccc(C[C@H]2CN(C(=O)c3ccncn3)CC[C@H]2OC)cc1. The molecule has 6 nitrogen and oxygen atoms in total. The van der Waals surface area contributed by atoms with Crippen molar-refractivity contribution in [2.45, 2.75) is 18.9 Å². The molecule has 0 radical (unpaired) electrons. The normalized spacial score (nSPS) is 20.3. The Balaban J connectivity index is 1.70. The second kappa shape index (κ2) is 8.07. The van der Waals surface area contributed by atoms with Gasteiger partial charge in [0.15, 0.2) is 0 Å². The predicted molar refractivity (Wildman–Crippen MR) is 93.5 cm³/mol. The van der Waals surface area contributed by atoms with Crippen LogP contribution in [-0.4, -0.2) is 54.2 Å². The fourth-order valence-corrected chi connectivity index (χ4v) is 3.35. The number of likely N-dealkylation sites (tertiary alicyclic amines) is 1. The van der Waals surface area contributed by atoms with E-state index in [9.17, 15) is 4.79 Å². The summed E-state index contributed by atoms with van der Waals surface area (Å²) >= 11 is 0. The minimum Gasteiger partial charge on any atom is -0.497 e. The van der Waals surface area contributed by atoms with Crippen molar-refractivity contribution < 1.29 is 14.3 Å². The molecule has 2 atom stereocenters. The highest BCUT2D eigenvalue weighted by Crippen LogP contribution is 2.25. The van der Waals surface area contributed by atoms with Crippen LogP contribution in [0.1, 0.15) is 22.5 Å². The summed E-state index contributed by atoms with van der Waals surface area (Å²) in [7, 11) is 3.40. The second-order valence-corrected chi connectivity index (χ2v) is 6.22. The molecule has 1 amide bonds. The number of piperidine rings is 1. The van der Waals surface area contributed by atoms with Gasteiger partial charge in [0.2, 0.25) is 0 Å². The van der Waals surface area contributed by atoms with E-state index in [1.54, 1.807) is 26.5 Å². The van der Waals surface area contributed by atoms with Crippen molar-refractivity contribution in [3.63, 3.8) is 0 Å².